The number of hydrogen-bond donors (Lipinski definition) is 1. The summed E-state index contributed by atoms with van der Waals surface area (Å²) in [6, 6.07) is 6.95. The Hall–Kier alpha value is -1.84. The zero-order valence-electron chi connectivity index (χ0n) is 13.7. The van der Waals surface area contributed by atoms with Crippen molar-refractivity contribution in [3.05, 3.63) is 35.4 Å². The molecule has 3 rings (SSSR count). The van der Waals surface area contributed by atoms with Crippen molar-refractivity contribution in [2.75, 3.05) is 7.11 Å². The van der Waals surface area contributed by atoms with Crippen molar-refractivity contribution in [2.45, 2.75) is 51.0 Å². The molecular formula is C19H25NO3. The molecule has 0 saturated heterocycles. The van der Waals surface area contributed by atoms with Crippen molar-refractivity contribution >= 4 is 11.9 Å². The molecule has 124 valence electrons. The minimum atomic E-state index is -0.382. The first-order chi connectivity index (χ1) is 11.2. The fourth-order valence-electron chi connectivity index (χ4n) is 4.15. The lowest BCUT2D eigenvalue weighted by Gasteiger charge is -2.39. The molecule has 2 aliphatic carbocycles. The smallest absolute Gasteiger partial charge is 0.337 e. The predicted molar refractivity (Wildman–Crippen MR) is 88.3 cm³/mol. The summed E-state index contributed by atoms with van der Waals surface area (Å²) >= 11 is 0. The first kappa shape index (κ1) is 16.0. The molecule has 23 heavy (non-hydrogen) atoms. The van der Waals surface area contributed by atoms with Crippen molar-refractivity contribution in [3.8, 4) is 0 Å². The Kier molecular flexibility index (Phi) is 4.99. The number of ether oxygens (including phenoxy) is 1. The van der Waals surface area contributed by atoms with E-state index in [-0.39, 0.29) is 11.9 Å². The molecule has 0 unspecified atom stereocenters. The van der Waals surface area contributed by atoms with Crippen LogP contribution >= 0.6 is 0 Å². The molecule has 4 nitrogen and oxygen atoms in total. The minimum absolute atomic E-state index is 0.0410. The summed E-state index contributed by atoms with van der Waals surface area (Å²) in [4.78, 5) is 23.8. The Balaban J connectivity index is 1.57. The van der Waals surface area contributed by atoms with Crippen LogP contribution in [0, 0.1) is 11.8 Å². The van der Waals surface area contributed by atoms with Crippen LogP contribution < -0.4 is 5.32 Å². The molecule has 4 heteroatoms. The van der Waals surface area contributed by atoms with Crippen molar-refractivity contribution in [1.29, 1.82) is 0 Å². The lowest BCUT2D eigenvalue weighted by atomic mass is 9.69. The van der Waals surface area contributed by atoms with Crippen LogP contribution in [0.5, 0.6) is 0 Å². The molecule has 0 spiro atoms. The third-order valence-corrected chi connectivity index (χ3v) is 5.44. The molecule has 2 aliphatic rings. The predicted octanol–water partition coefficient (Wildman–Crippen LogP) is 3.56. The fourth-order valence-corrected chi connectivity index (χ4v) is 4.15. The number of carbonyl (C=O) groups excluding carboxylic acids is 2. The van der Waals surface area contributed by atoms with Gasteiger partial charge in [0, 0.05) is 11.6 Å². The number of amides is 1. The average molecular weight is 315 g/mol. The molecule has 1 amide bonds. The molecule has 0 radical (unpaired) electrons. The number of fused-ring (bicyclic) bond motifs is 1. The van der Waals surface area contributed by atoms with Crippen LogP contribution in [0.3, 0.4) is 0 Å². The van der Waals surface area contributed by atoms with Gasteiger partial charge in [-0.05, 0) is 55.4 Å². The molecule has 0 aromatic heterocycles. The van der Waals surface area contributed by atoms with Crippen LogP contribution in [0.2, 0.25) is 0 Å². The standard InChI is InChI=1S/C19H25NO3/c1-23-19(22)15-8-6-14(7-9-15)18(21)20-17-11-10-13-4-2-3-5-16(13)12-17/h6-9,13,16-17H,2-5,10-12H2,1H3,(H,20,21)/t13-,16-,17-/m1/s1. The zero-order valence-corrected chi connectivity index (χ0v) is 13.7. The molecule has 2 fully saturated rings. The molecule has 1 aromatic carbocycles. The van der Waals surface area contributed by atoms with E-state index in [1.54, 1.807) is 24.3 Å². The van der Waals surface area contributed by atoms with Crippen molar-refractivity contribution < 1.29 is 14.3 Å². The monoisotopic (exact) mass is 315 g/mol. The summed E-state index contributed by atoms with van der Waals surface area (Å²) in [7, 11) is 1.35. The minimum Gasteiger partial charge on any atom is -0.465 e. The second-order valence-electron chi connectivity index (χ2n) is 6.86. The summed E-state index contributed by atoms with van der Waals surface area (Å²) in [6.45, 7) is 0. The largest absolute Gasteiger partial charge is 0.465 e. The van der Waals surface area contributed by atoms with Gasteiger partial charge in [0.15, 0.2) is 0 Å². The van der Waals surface area contributed by atoms with E-state index in [2.05, 4.69) is 10.1 Å². The van der Waals surface area contributed by atoms with Gasteiger partial charge < -0.3 is 10.1 Å². The maximum atomic E-state index is 12.4. The van der Waals surface area contributed by atoms with Crippen molar-refractivity contribution in [3.63, 3.8) is 0 Å². The van der Waals surface area contributed by atoms with E-state index in [1.165, 1.54) is 39.2 Å². The van der Waals surface area contributed by atoms with Crippen molar-refractivity contribution in [1.82, 2.24) is 5.32 Å². The topological polar surface area (TPSA) is 55.4 Å². The summed E-state index contributed by atoms with van der Waals surface area (Å²) < 4.78 is 4.67. The normalized spacial score (nSPS) is 26.9. The highest BCUT2D eigenvalue weighted by Gasteiger charge is 2.32. The van der Waals surface area contributed by atoms with E-state index in [0.717, 1.165) is 24.7 Å². The van der Waals surface area contributed by atoms with Crippen LogP contribution in [0.15, 0.2) is 24.3 Å². The highest BCUT2D eigenvalue weighted by atomic mass is 16.5. The van der Waals surface area contributed by atoms with E-state index in [1.807, 2.05) is 0 Å². The fraction of sp³-hybridized carbons (Fsp3) is 0.579. The van der Waals surface area contributed by atoms with Gasteiger partial charge in [0.05, 0.1) is 12.7 Å². The van der Waals surface area contributed by atoms with Crippen LogP contribution in [0.25, 0.3) is 0 Å². The Morgan fingerprint density at radius 2 is 1.61 bits per heavy atom. The van der Waals surface area contributed by atoms with Gasteiger partial charge >= 0.3 is 5.97 Å². The van der Waals surface area contributed by atoms with Crippen LogP contribution in [0.4, 0.5) is 0 Å². The van der Waals surface area contributed by atoms with Gasteiger partial charge in [-0.15, -0.1) is 0 Å². The molecular weight excluding hydrogens is 290 g/mol. The molecule has 1 N–H and O–H groups in total. The Morgan fingerprint density at radius 3 is 2.30 bits per heavy atom. The first-order valence-corrected chi connectivity index (χ1v) is 8.66. The van der Waals surface area contributed by atoms with E-state index >= 15 is 0 Å². The second-order valence-corrected chi connectivity index (χ2v) is 6.86. The van der Waals surface area contributed by atoms with E-state index in [9.17, 15) is 9.59 Å². The number of nitrogens with one attached hydrogen (secondary N) is 1. The van der Waals surface area contributed by atoms with E-state index in [4.69, 9.17) is 0 Å². The Morgan fingerprint density at radius 1 is 0.957 bits per heavy atom. The highest BCUT2D eigenvalue weighted by molar-refractivity contribution is 5.96. The number of methoxy groups -OCH3 is 1. The maximum absolute atomic E-state index is 12.4. The summed E-state index contributed by atoms with van der Waals surface area (Å²) in [5.41, 5.74) is 1.06. The van der Waals surface area contributed by atoms with Gasteiger partial charge in [0.1, 0.15) is 0 Å². The van der Waals surface area contributed by atoms with Gasteiger partial charge in [0.2, 0.25) is 0 Å². The highest BCUT2D eigenvalue weighted by Crippen LogP contribution is 2.40. The van der Waals surface area contributed by atoms with Gasteiger partial charge in [-0.3, -0.25) is 4.79 Å². The average Bonchev–Trinajstić information content (AvgIpc) is 2.61. The van der Waals surface area contributed by atoms with Gasteiger partial charge in [-0.1, -0.05) is 25.7 Å². The molecule has 1 aromatic rings. The molecule has 0 aliphatic heterocycles. The first-order valence-electron chi connectivity index (χ1n) is 8.66. The molecule has 3 atom stereocenters. The van der Waals surface area contributed by atoms with Crippen LogP contribution in [-0.4, -0.2) is 25.0 Å². The Labute approximate surface area is 137 Å². The lowest BCUT2D eigenvalue weighted by molar-refractivity contribution is 0.0600. The summed E-state index contributed by atoms with van der Waals surface area (Å²) in [5, 5.41) is 3.18. The number of benzene rings is 1. The van der Waals surface area contributed by atoms with Gasteiger partial charge in [-0.2, -0.15) is 0 Å². The van der Waals surface area contributed by atoms with Crippen molar-refractivity contribution in [2.24, 2.45) is 11.8 Å². The lowest BCUT2D eigenvalue weighted by Crippen LogP contribution is -2.41. The number of rotatable bonds is 3. The number of hydrogen-bond acceptors (Lipinski definition) is 3. The molecule has 0 heterocycles. The van der Waals surface area contributed by atoms with Gasteiger partial charge in [0.25, 0.3) is 5.91 Å². The van der Waals surface area contributed by atoms with E-state index in [0.29, 0.717) is 17.2 Å². The maximum Gasteiger partial charge on any atom is 0.337 e. The molecule has 2 saturated carbocycles. The Bertz CT molecular complexity index is 566. The second kappa shape index (κ2) is 7.16. The SMILES string of the molecule is COC(=O)c1ccc(C(=O)N[C@@H]2CC[C@H]3CCCC[C@@H]3C2)cc1. The number of esters is 1. The number of carbonyl (C=O) groups is 2. The van der Waals surface area contributed by atoms with Crippen LogP contribution in [0.1, 0.15) is 65.7 Å². The van der Waals surface area contributed by atoms with E-state index < -0.39 is 0 Å². The molecule has 0 bridgehead atoms. The third-order valence-electron chi connectivity index (χ3n) is 5.44. The quantitative estimate of drug-likeness (QED) is 0.868. The summed E-state index contributed by atoms with van der Waals surface area (Å²) in [5.74, 6) is 1.26. The summed E-state index contributed by atoms with van der Waals surface area (Å²) in [6.07, 6.45) is 8.88. The third kappa shape index (κ3) is 3.74. The van der Waals surface area contributed by atoms with Crippen LogP contribution in [-0.2, 0) is 4.74 Å². The zero-order chi connectivity index (χ0) is 16.2. The van der Waals surface area contributed by atoms with Gasteiger partial charge in [-0.25, -0.2) is 4.79 Å².